The number of amides is 1. The summed E-state index contributed by atoms with van der Waals surface area (Å²) < 4.78 is 25.9. The second-order valence-corrected chi connectivity index (χ2v) is 5.63. The van der Waals surface area contributed by atoms with Crippen LogP contribution in [-0.4, -0.2) is 45.8 Å². The number of hydrogen-bond acceptors (Lipinski definition) is 3. The number of aromatic nitrogens is 2. The van der Waals surface area contributed by atoms with Crippen molar-refractivity contribution in [1.82, 2.24) is 20.0 Å². The molecule has 3 heterocycles. The first-order valence-corrected chi connectivity index (χ1v) is 6.90. The van der Waals surface area contributed by atoms with Crippen LogP contribution >= 0.6 is 0 Å². The van der Waals surface area contributed by atoms with E-state index in [0.29, 0.717) is 16.8 Å². The second-order valence-electron chi connectivity index (χ2n) is 5.63. The summed E-state index contributed by atoms with van der Waals surface area (Å²) in [4.78, 5) is 14.5. The zero-order valence-electron chi connectivity index (χ0n) is 11.3. The third kappa shape index (κ3) is 2.30. The Kier molecular flexibility index (Phi) is 3.45. The molecule has 0 aromatic carbocycles. The number of hydrogen-bond donors (Lipinski definition) is 1. The van der Waals surface area contributed by atoms with Crippen LogP contribution in [0.3, 0.4) is 0 Å². The van der Waals surface area contributed by atoms with Crippen molar-refractivity contribution in [2.75, 3.05) is 7.05 Å². The molecule has 1 aromatic rings. The molecule has 1 N–H and O–H groups in total. The predicted molar refractivity (Wildman–Crippen MR) is 68.5 cm³/mol. The maximum absolute atomic E-state index is 12.7. The molecule has 2 aliphatic rings. The van der Waals surface area contributed by atoms with Crippen molar-refractivity contribution in [3.63, 3.8) is 0 Å². The van der Waals surface area contributed by atoms with Gasteiger partial charge >= 0.3 is 6.55 Å². The molecule has 0 radical (unpaired) electrons. The third-order valence-electron chi connectivity index (χ3n) is 4.52. The second kappa shape index (κ2) is 5.12. The Balaban J connectivity index is 1.66. The summed E-state index contributed by atoms with van der Waals surface area (Å²) in [5.41, 5.74) is -0.0775. The first-order chi connectivity index (χ1) is 9.56. The standard InChI is InChI=1S/C13H18F2N4O/c1-18-9-2-3-10(18)7-8(6-9)17-12(20)11-4-5-16-19(11)13(14)15/h4-5,8-10,13H,2-3,6-7H2,1H3,(H,17,20)/t8?,9-,10+. The lowest BCUT2D eigenvalue weighted by Crippen LogP contribution is -2.49. The van der Waals surface area contributed by atoms with E-state index in [4.69, 9.17) is 0 Å². The number of carbonyl (C=O) groups excluding carboxylic acids is 1. The first-order valence-electron chi connectivity index (χ1n) is 6.90. The van der Waals surface area contributed by atoms with Crippen LogP contribution in [0, 0.1) is 0 Å². The molecule has 0 aliphatic carbocycles. The number of alkyl halides is 2. The Bertz CT molecular complexity index is 490. The largest absolute Gasteiger partial charge is 0.348 e. The minimum atomic E-state index is -2.79. The van der Waals surface area contributed by atoms with Crippen molar-refractivity contribution in [2.24, 2.45) is 0 Å². The minimum Gasteiger partial charge on any atom is -0.348 e. The summed E-state index contributed by atoms with van der Waals surface area (Å²) in [5.74, 6) is -0.461. The third-order valence-corrected chi connectivity index (χ3v) is 4.52. The Labute approximate surface area is 115 Å². The smallest absolute Gasteiger partial charge is 0.333 e. The van der Waals surface area contributed by atoms with Gasteiger partial charge < -0.3 is 10.2 Å². The van der Waals surface area contributed by atoms with E-state index in [1.165, 1.54) is 12.3 Å². The molecule has 20 heavy (non-hydrogen) atoms. The van der Waals surface area contributed by atoms with Crippen LogP contribution in [0.1, 0.15) is 42.7 Å². The van der Waals surface area contributed by atoms with Crippen LogP contribution in [-0.2, 0) is 0 Å². The SMILES string of the molecule is CN1[C@@H]2CC[C@H]1CC(NC(=O)c1ccnn1C(F)F)C2. The molecule has 0 saturated carbocycles. The highest BCUT2D eigenvalue weighted by molar-refractivity contribution is 5.92. The van der Waals surface area contributed by atoms with Crippen LogP contribution in [0.25, 0.3) is 0 Å². The molecule has 5 nitrogen and oxygen atoms in total. The Morgan fingerprint density at radius 1 is 1.40 bits per heavy atom. The number of carbonyl (C=O) groups is 1. The monoisotopic (exact) mass is 284 g/mol. The summed E-state index contributed by atoms with van der Waals surface area (Å²) in [6, 6.07) is 2.39. The van der Waals surface area contributed by atoms with Crippen LogP contribution in [0.5, 0.6) is 0 Å². The number of halogens is 2. The van der Waals surface area contributed by atoms with Crippen LogP contribution < -0.4 is 5.32 Å². The number of piperidine rings is 1. The lowest BCUT2D eigenvalue weighted by molar-refractivity contribution is 0.0501. The number of rotatable bonds is 3. The normalized spacial score (nSPS) is 29.9. The van der Waals surface area contributed by atoms with Crippen molar-refractivity contribution in [3.8, 4) is 0 Å². The van der Waals surface area contributed by atoms with Gasteiger partial charge in [-0.15, -0.1) is 0 Å². The van der Waals surface area contributed by atoms with Gasteiger partial charge in [-0.2, -0.15) is 18.6 Å². The molecule has 2 aliphatic heterocycles. The molecular formula is C13H18F2N4O. The molecule has 1 aromatic heterocycles. The van der Waals surface area contributed by atoms with Gasteiger partial charge in [0.05, 0.1) is 0 Å². The highest BCUT2D eigenvalue weighted by Crippen LogP contribution is 2.34. The fraction of sp³-hybridized carbons (Fsp3) is 0.692. The fourth-order valence-electron chi connectivity index (χ4n) is 3.44. The Morgan fingerprint density at radius 2 is 2.05 bits per heavy atom. The van der Waals surface area contributed by atoms with Crippen molar-refractivity contribution < 1.29 is 13.6 Å². The summed E-state index contributed by atoms with van der Waals surface area (Å²) in [6.07, 6.45) is 5.31. The molecule has 2 bridgehead atoms. The van der Waals surface area contributed by atoms with Gasteiger partial charge in [-0.1, -0.05) is 0 Å². The molecular weight excluding hydrogens is 266 g/mol. The number of fused-ring (bicyclic) bond motifs is 2. The highest BCUT2D eigenvalue weighted by atomic mass is 19.3. The number of nitrogens with one attached hydrogen (secondary N) is 1. The van der Waals surface area contributed by atoms with E-state index in [-0.39, 0.29) is 11.7 Å². The van der Waals surface area contributed by atoms with Crippen LogP contribution in [0.2, 0.25) is 0 Å². The lowest BCUT2D eigenvalue weighted by Gasteiger charge is -2.36. The molecule has 3 rings (SSSR count). The highest BCUT2D eigenvalue weighted by Gasteiger charge is 2.39. The van der Waals surface area contributed by atoms with Crippen LogP contribution in [0.4, 0.5) is 8.78 Å². The molecule has 2 fully saturated rings. The zero-order valence-corrected chi connectivity index (χ0v) is 11.3. The van der Waals surface area contributed by atoms with E-state index in [1.54, 1.807) is 0 Å². The summed E-state index contributed by atoms with van der Waals surface area (Å²) in [5, 5.41) is 6.36. The fourth-order valence-corrected chi connectivity index (χ4v) is 3.44. The van der Waals surface area contributed by atoms with Gasteiger partial charge in [0.1, 0.15) is 5.69 Å². The van der Waals surface area contributed by atoms with Gasteiger partial charge in [0.2, 0.25) is 0 Å². The van der Waals surface area contributed by atoms with E-state index in [9.17, 15) is 13.6 Å². The van der Waals surface area contributed by atoms with E-state index in [2.05, 4.69) is 22.4 Å². The topological polar surface area (TPSA) is 50.2 Å². The summed E-state index contributed by atoms with van der Waals surface area (Å²) in [6.45, 7) is -2.79. The molecule has 2 saturated heterocycles. The quantitative estimate of drug-likeness (QED) is 0.918. The van der Waals surface area contributed by atoms with Gasteiger partial charge in [-0.3, -0.25) is 4.79 Å². The Hall–Kier alpha value is -1.50. The summed E-state index contributed by atoms with van der Waals surface area (Å²) >= 11 is 0. The van der Waals surface area contributed by atoms with Crippen molar-refractivity contribution in [2.45, 2.75) is 50.4 Å². The van der Waals surface area contributed by atoms with E-state index >= 15 is 0 Å². The Morgan fingerprint density at radius 3 is 2.65 bits per heavy atom. The van der Waals surface area contributed by atoms with E-state index in [0.717, 1.165) is 25.7 Å². The maximum atomic E-state index is 12.7. The average Bonchev–Trinajstić information content (AvgIpc) is 2.94. The minimum absolute atomic E-state index is 0.0669. The van der Waals surface area contributed by atoms with Crippen LogP contribution in [0.15, 0.2) is 12.3 Å². The molecule has 110 valence electrons. The maximum Gasteiger partial charge on any atom is 0.333 e. The van der Waals surface area contributed by atoms with Gasteiger partial charge in [0.15, 0.2) is 0 Å². The van der Waals surface area contributed by atoms with Gasteiger partial charge in [0, 0.05) is 24.3 Å². The van der Waals surface area contributed by atoms with E-state index < -0.39 is 12.5 Å². The molecule has 1 unspecified atom stereocenters. The average molecular weight is 284 g/mol. The summed E-state index contributed by atoms with van der Waals surface area (Å²) in [7, 11) is 2.12. The first kappa shape index (κ1) is 13.5. The lowest BCUT2D eigenvalue weighted by atomic mass is 9.98. The van der Waals surface area contributed by atoms with Gasteiger partial charge in [-0.25, -0.2) is 0 Å². The van der Waals surface area contributed by atoms with Gasteiger partial charge in [-0.05, 0) is 38.8 Å². The van der Waals surface area contributed by atoms with E-state index in [1.807, 2.05) is 0 Å². The predicted octanol–water partition coefficient (Wildman–Crippen LogP) is 1.63. The molecule has 0 spiro atoms. The van der Waals surface area contributed by atoms with Crippen molar-refractivity contribution >= 4 is 5.91 Å². The number of nitrogens with zero attached hydrogens (tertiary/aromatic N) is 3. The molecule has 1 amide bonds. The van der Waals surface area contributed by atoms with Crippen molar-refractivity contribution in [3.05, 3.63) is 18.0 Å². The molecule has 7 heteroatoms. The molecule has 3 atom stereocenters. The van der Waals surface area contributed by atoms with Crippen molar-refractivity contribution in [1.29, 1.82) is 0 Å². The van der Waals surface area contributed by atoms with Gasteiger partial charge in [0.25, 0.3) is 5.91 Å². The zero-order chi connectivity index (χ0) is 14.3.